The molecule has 1 aliphatic carbocycles. The molecule has 0 atom stereocenters. The predicted molar refractivity (Wildman–Crippen MR) is 71.1 cm³/mol. The zero-order chi connectivity index (χ0) is 12.3. The van der Waals surface area contributed by atoms with Crippen LogP contribution >= 0.6 is 0 Å². The van der Waals surface area contributed by atoms with Crippen molar-refractivity contribution in [2.45, 2.75) is 64.3 Å². The highest BCUT2D eigenvalue weighted by Crippen LogP contribution is 2.28. The van der Waals surface area contributed by atoms with E-state index in [0.717, 1.165) is 31.5 Å². The summed E-state index contributed by atoms with van der Waals surface area (Å²) in [6.45, 7) is 6.39. The Balaban J connectivity index is 2.08. The van der Waals surface area contributed by atoms with Crippen molar-refractivity contribution in [3.05, 3.63) is 11.6 Å². The van der Waals surface area contributed by atoms with Gasteiger partial charge < -0.3 is 0 Å². The Bertz CT molecular complexity index is 311. The molecule has 0 aromatic heterocycles. The molecule has 0 radical (unpaired) electrons. The molecule has 1 saturated heterocycles. The van der Waals surface area contributed by atoms with E-state index in [0.29, 0.717) is 5.78 Å². The standard InChI is InChI=1S/C15H25NO/c1-15(2,16-11-7-8-12-16)14(17)13-9-5-3-4-6-10-13/h9H,3-8,10-12H2,1-2H3. The van der Waals surface area contributed by atoms with Gasteiger partial charge in [0, 0.05) is 0 Å². The summed E-state index contributed by atoms with van der Waals surface area (Å²) in [6, 6.07) is 0. The molecule has 0 amide bonds. The van der Waals surface area contributed by atoms with Crippen LogP contribution < -0.4 is 0 Å². The maximum atomic E-state index is 12.6. The second kappa shape index (κ2) is 5.34. The van der Waals surface area contributed by atoms with Crippen LogP contribution in [0.5, 0.6) is 0 Å². The van der Waals surface area contributed by atoms with Gasteiger partial charge in [-0.3, -0.25) is 9.69 Å². The number of ketones is 1. The van der Waals surface area contributed by atoms with Gasteiger partial charge >= 0.3 is 0 Å². The fourth-order valence-electron chi connectivity index (χ4n) is 3.03. The molecule has 0 aromatic carbocycles. The summed E-state index contributed by atoms with van der Waals surface area (Å²) in [5, 5.41) is 0. The Morgan fingerprint density at radius 2 is 1.82 bits per heavy atom. The first kappa shape index (κ1) is 12.8. The largest absolute Gasteiger partial charge is 0.292 e. The first-order valence-corrected chi connectivity index (χ1v) is 7.11. The Hall–Kier alpha value is -0.630. The van der Waals surface area contributed by atoms with Gasteiger partial charge in [0.05, 0.1) is 5.54 Å². The zero-order valence-corrected chi connectivity index (χ0v) is 11.3. The van der Waals surface area contributed by atoms with Crippen molar-refractivity contribution in [2.24, 2.45) is 0 Å². The van der Waals surface area contributed by atoms with E-state index in [1.165, 1.54) is 32.1 Å². The molecule has 2 rings (SSSR count). The smallest absolute Gasteiger partial charge is 0.178 e. The van der Waals surface area contributed by atoms with Crippen molar-refractivity contribution in [3.63, 3.8) is 0 Å². The number of nitrogens with zero attached hydrogens (tertiary/aromatic N) is 1. The lowest BCUT2D eigenvalue weighted by atomic mass is 9.89. The average Bonchev–Trinajstić information content (AvgIpc) is 2.72. The van der Waals surface area contributed by atoms with E-state index in [2.05, 4.69) is 24.8 Å². The third kappa shape index (κ3) is 2.79. The highest BCUT2D eigenvalue weighted by Gasteiger charge is 2.37. The van der Waals surface area contributed by atoms with Crippen LogP contribution in [0.2, 0.25) is 0 Å². The van der Waals surface area contributed by atoms with Crippen LogP contribution in [0, 0.1) is 0 Å². The molecule has 2 nitrogen and oxygen atoms in total. The van der Waals surface area contributed by atoms with E-state index in [4.69, 9.17) is 0 Å². The van der Waals surface area contributed by atoms with E-state index in [1.807, 2.05) is 0 Å². The lowest BCUT2D eigenvalue weighted by Gasteiger charge is -2.34. The third-order valence-corrected chi connectivity index (χ3v) is 4.28. The molecule has 17 heavy (non-hydrogen) atoms. The summed E-state index contributed by atoms with van der Waals surface area (Å²) in [7, 11) is 0. The van der Waals surface area contributed by atoms with Crippen molar-refractivity contribution in [3.8, 4) is 0 Å². The number of rotatable bonds is 3. The van der Waals surface area contributed by atoms with Gasteiger partial charge in [-0.1, -0.05) is 12.5 Å². The van der Waals surface area contributed by atoms with E-state index in [9.17, 15) is 4.79 Å². The van der Waals surface area contributed by atoms with Crippen LogP contribution in [0.25, 0.3) is 0 Å². The van der Waals surface area contributed by atoms with Crippen molar-refractivity contribution < 1.29 is 4.79 Å². The van der Waals surface area contributed by atoms with Crippen LogP contribution in [0.1, 0.15) is 58.8 Å². The highest BCUT2D eigenvalue weighted by atomic mass is 16.1. The number of Topliss-reactive ketones (excluding diaryl/α,β-unsaturated/α-hetero) is 1. The first-order valence-electron chi connectivity index (χ1n) is 7.11. The molecular weight excluding hydrogens is 210 g/mol. The molecule has 1 fully saturated rings. The quantitative estimate of drug-likeness (QED) is 0.748. The molecule has 2 heteroatoms. The van der Waals surface area contributed by atoms with Gasteiger partial charge in [0.25, 0.3) is 0 Å². The number of allylic oxidation sites excluding steroid dienone is 1. The highest BCUT2D eigenvalue weighted by molar-refractivity contribution is 6.02. The minimum atomic E-state index is -0.285. The average molecular weight is 235 g/mol. The summed E-state index contributed by atoms with van der Waals surface area (Å²) in [4.78, 5) is 15.0. The summed E-state index contributed by atoms with van der Waals surface area (Å²) in [6.07, 6.45) is 10.5. The molecule has 0 N–H and O–H groups in total. The number of hydrogen-bond acceptors (Lipinski definition) is 2. The number of carbonyl (C=O) groups is 1. The number of hydrogen-bond donors (Lipinski definition) is 0. The normalized spacial score (nSPS) is 23.3. The van der Waals surface area contributed by atoms with Crippen LogP contribution in [-0.4, -0.2) is 29.3 Å². The van der Waals surface area contributed by atoms with Crippen molar-refractivity contribution in [2.75, 3.05) is 13.1 Å². The van der Waals surface area contributed by atoms with Gasteiger partial charge in [0.1, 0.15) is 0 Å². The molecule has 0 spiro atoms. The maximum absolute atomic E-state index is 12.6. The minimum Gasteiger partial charge on any atom is -0.292 e. The molecule has 0 saturated carbocycles. The minimum absolute atomic E-state index is 0.285. The van der Waals surface area contributed by atoms with E-state index in [-0.39, 0.29) is 5.54 Å². The molecule has 1 heterocycles. The molecule has 0 bridgehead atoms. The lowest BCUT2D eigenvalue weighted by Crippen LogP contribution is -2.49. The van der Waals surface area contributed by atoms with Gasteiger partial charge in [-0.05, 0) is 71.0 Å². The molecule has 0 unspecified atom stereocenters. The topological polar surface area (TPSA) is 20.3 Å². The maximum Gasteiger partial charge on any atom is 0.178 e. The Morgan fingerprint density at radius 3 is 2.53 bits per heavy atom. The van der Waals surface area contributed by atoms with Crippen LogP contribution in [0.4, 0.5) is 0 Å². The summed E-state index contributed by atoms with van der Waals surface area (Å²) >= 11 is 0. The number of likely N-dealkylation sites (tertiary alicyclic amines) is 1. The van der Waals surface area contributed by atoms with Gasteiger partial charge in [0.2, 0.25) is 0 Å². The molecule has 2 aliphatic rings. The summed E-state index contributed by atoms with van der Waals surface area (Å²) in [5.74, 6) is 0.376. The summed E-state index contributed by atoms with van der Waals surface area (Å²) < 4.78 is 0. The van der Waals surface area contributed by atoms with E-state index in [1.54, 1.807) is 0 Å². The van der Waals surface area contributed by atoms with Crippen molar-refractivity contribution in [1.29, 1.82) is 0 Å². The monoisotopic (exact) mass is 235 g/mol. The summed E-state index contributed by atoms with van der Waals surface area (Å²) in [5.41, 5.74) is 0.812. The Morgan fingerprint density at radius 1 is 1.12 bits per heavy atom. The zero-order valence-electron chi connectivity index (χ0n) is 11.3. The van der Waals surface area contributed by atoms with Gasteiger partial charge in [-0.25, -0.2) is 0 Å². The predicted octanol–water partition coefficient (Wildman–Crippen LogP) is 3.32. The van der Waals surface area contributed by atoms with Crippen molar-refractivity contribution in [1.82, 2.24) is 4.90 Å². The number of carbonyl (C=O) groups excluding carboxylic acids is 1. The van der Waals surface area contributed by atoms with Crippen molar-refractivity contribution >= 4 is 5.78 Å². The fourth-order valence-corrected chi connectivity index (χ4v) is 3.03. The molecular formula is C15H25NO. The third-order valence-electron chi connectivity index (χ3n) is 4.28. The lowest BCUT2D eigenvalue weighted by molar-refractivity contribution is -0.125. The molecule has 0 aromatic rings. The SMILES string of the molecule is CC(C)(C(=O)C1=CCCCCC1)N1CCCC1. The van der Waals surface area contributed by atoms with E-state index >= 15 is 0 Å². The van der Waals surface area contributed by atoms with Crippen LogP contribution in [0.15, 0.2) is 11.6 Å². The fraction of sp³-hybridized carbons (Fsp3) is 0.800. The van der Waals surface area contributed by atoms with Crippen LogP contribution in [0.3, 0.4) is 0 Å². The second-order valence-electron chi connectivity index (χ2n) is 5.91. The first-order chi connectivity index (χ1) is 8.12. The van der Waals surface area contributed by atoms with Gasteiger partial charge in [-0.15, -0.1) is 0 Å². The molecule has 1 aliphatic heterocycles. The van der Waals surface area contributed by atoms with E-state index < -0.39 is 0 Å². The van der Waals surface area contributed by atoms with Gasteiger partial charge in [-0.2, -0.15) is 0 Å². The van der Waals surface area contributed by atoms with Gasteiger partial charge in [0.15, 0.2) is 5.78 Å². The Kier molecular flexibility index (Phi) is 4.03. The molecule has 96 valence electrons. The Labute approximate surface area is 105 Å². The second-order valence-corrected chi connectivity index (χ2v) is 5.91. The van der Waals surface area contributed by atoms with Crippen LogP contribution in [-0.2, 0) is 4.79 Å².